The molecule has 0 aromatic heterocycles. The molecule has 4 fully saturated rings. The number of alkyl halides is 3. The van der Waals surface area contributed by atoms with Crippen molar-refractivity contribution in [3.05, 3.63) is 356 Å². The van der Waals surface area contributed by atoms with Crippen molar-refractivity contribution in [1.82, 2.24) is 19.6 Å². The molecule has 0 spiro atoms. The number of carbonyl (C=O) groups is 8. The monoisotopic (exact) mass is 1990 g/mol. The molecule has 0 unspecified atom stereocenters. The van der Waals surface area contributed by atoms with Crippen LogP contribution in [0.1, 0.15) is 265 Å². The zero-order chi connectivity index (χ0) is 109. The fourth-order valence-electron chi connectivity index (χ4n) is 17.4. The predicted octanol–water partition coefficient (Wildman–Crippen LogP) is 27.6. The number of nitrogens with zero attached hydrogens (tertiary/aromatic N) is 4. The number of aliphatic carboxylic acids is 4. The molecular formula is C123H135F3N4O16. The molecule has 0 radical (unpaired) electrons. The molecule has 4 amide bonds. The van der Waals surface area contributed by atoms with Gasteiger partial charge in [0.05, 0.1) is 40.2 Å². The second kappa shape index (κ2) is 53.8. The van der Waals surface area contributed by atoms with E-state index in [1.54, 1.807) is 70.5 Å². The third-order valence-electron chi connectivity index (χ3n) is 25.4. The van der Waals surface area contributed by atoms with Crippen LogP contribution >= 0.6 is 0 Å². The van der Waals surface area contributed by atoms with Crippen molar-refractivity contribution in [3.63, 3.8) is 0 Å². The number of benzene rings is 12. The third kappa shape index (κ3) is 33.5. The number of carbonyl (C=O) groups excluding carboxylic acids is 4. The molecule has 0 saturated heterocycles. The van der Waals surface area contributed by atoms with Crippen LogP contribution in [0.25, 0.3) is 44.5 Å². The standard InChI is InChI=1S/3C31H35NO4.C30H30F3NO4/c1-22-9-8-10-23(2)30(22)24-14-16-25(17-15-24)31(35)32(27-18-19-27)21-26-11-5-6-12-28(26)36-20-7-3-4-13-29(33)34;2*1-22-18-23(2)20-27(19-22)24-11-13-25(14-12-24)31(35)32(28-15-16-28)21-26-8-5-6-9-29(26)36-17-7-3-4-10-30(33)34;31-30(32,33)26-10-5-4-9-25(26)21-13-15-22(16-14-21)29(37)34(24-17-18-24)20-23-8-3-6-11-27(23)38-19-7-1-2-12-28(35)36/h5-6,8-12,14-17,27H,3-4,7,13,18-21H2,1-2H3,(H,33,34);2*5-6,8-9,11-14,18-20,28H,3-4,7,10,15-17,21H2,1-2H3,(H,33,34);3-6,8-11,13-16,24H,1-2,7,12,17-20H2,(H,35,36)/i27D;28D;21D2;20D2. The zero-order valence-corrected chi connectivity index (χ0v) is 84.0. The molecule has 764 valence electrons. The quantitative estimate of drug-likeness (QED) is 0.0258. The summed E-state index contributed by atoms with van der Waals surface area (Å²) >= 11 is 0. The Labute approximate surface area is 864 Å². The second-order valence-corrected chi connectivity index (χ2v) is 37.7. The van der Waals surface area contributed by atoms with Crippen LogP contribution in [0.3, 0.4) is 0 Å². The number of carboxylic acids is 4. The number of halogens is 3. The topological polar surface area (TPSA) is 267 Å². The van der Waals surface area contributed by atoms with E-state index in [0.717, 1.165) is 83.5 Å². The number of rotatable bonds is 48. The number of unbranched alkanes of at least 4 members (excludes halogenated alkanes) is 8. The Morgan fingerprint density at radius 3 is 0.897 bits per heavy atom. The second-order valence-electron chi connectivity index (χ2n) is 37.7. The normalized spacial score (nSPS) is 14.2. The molecule has 12 aromatic rings. The summed E-state index contributed by atoms with van der Waals surface area (Å²) in [6, 6.07) is 79.2. The zero-order valence-electron chi connectivity index (χ0n) is 90.0. The van der Waals surface area contributed by atoms with Gasteiger partial charge in [-0.1, -0.05) is 216 Å². The number of hydrogen-bond donors (Lipinski definition) is 4. The Hall–Kier alpha value is -14.6. The van der Waals surface area contributed by atoms with E-state index in [2.05, 4.69) is 90.1 Å². The molecule has 0 heterocycles. The molecule has 4 saturated carbocycles. The Morgan fingerprint density at radius 1 is 0.308 bits per heavy atom. The Morgan fingerprint density at radius 2 is 0.589 bits per heavy atom. The van der Waals surface area contributed by atoms with E-state index in [9.17, 15) is 51.5 Å². The van der Waals surface area contributed by atoms with E-state index in [-0.39, 0.29) is 78.8 Å². The van der Waals surface area contributed by atoms with Crippen LogP contribution in [0.2, 0.25) is 0 Å². The van der Waals surface area contributed by atoms with Crippen molar-refractivity contribution in [2.75, 3.05) is 26.4 Å². The Kier molecular flexibility index (Phi) is 36.9. The summed E-state index contributed by atoms with van der Waals surface area (Å²) in [5.41, 5.74) is 17.2. The summed E-state index contributed by atoms with van der Waals surface area (Å²) < 4.78 is 118. The molecule has 20 nitrogen and oxygen atoms in total. The lowest BCUT2D eigenvalue weighted by Crippen LogP contribution is -2.32. The third-order valence-corrected chi connectivity index (χ3v) is 25.4. The highest BCUT2D eigenvalue weighted by atomic mass is 19.4. The molecule has 23 heteroatoms. The molecule has 146 heavy (non-hydrogen) atoms. The first-order valence-corrected chi connectivity index (χ1v) is 50.6. The van der Waals surface area contributed by atoms with Gasteiger partial charge < -0.3 is 59.0 Å². The van der Waals surface area contributed by atoms with Gasteiger partial charge in [0.25, 0.3) is 23.6 Å². The highest BCUT2D eigenvalue weighted by molar-refractivity contribution is 5.98. The summed E-state index contributed by atoms with van der Waals surface area (Å²) in [5.74, 6) is -2.32. The largest absolute Gasteiger partial charge is 0.493 e. The number of carboxylic acid groups (broad SMARTS) is 4. The van der Waals surface area contributed by atoms with Gasteiger partial charge in [-0.05, 0) is 304 Å². The van der Waals surface area contributed by atoms with E-state index in [4.69, 9.17) is 47.6 Å². The SMILES string of the molecule is [2H]C([2H])(c1ccccc1OCCCCCC(=O)O)N(C(=O)c1ccc(-c2cc(C)cc(C)c2)cc1)C1CC1.[2H]C([2H])(c1ccccc1OCCCCCC(=O)O)N(C(=O)c1ccc(-c2ccccc2C(F)(F)F)cc1)C1CC1.[2H]C1(N(Cc2ccccc2OCCCCCC(=O)O)C(=O)c2ccc(-c3c(C)cccc3C)cc2)CC1.[2H]C1(N(Cc2ccccc2OCCCCCC(=O)O)C(=O)c2ccc(-c3cc(C)cc(C)c3)cc2)CC1. The lowest BCUT2D eigenvalue weighted by atomic mass is 9.95. The average molecular weight is 1990 g/mol. The maximum Gasteiger partial charge on any atom is 0.417 e. The summed E-state index contributed by atoms with van der Waals surface area (Å²) in [4.78, 5) is 103. The molecule has 12 aromatic carbocycles. The summed E-state index contributed by atoms with van der Waals surface area (Å²) in [5, 5.41) is 35.1. The number of hydrogen-bond acceptors (Lipinski definition) is 12. The molecule has 0 bridgehead atoms. The van der Waals surface area contributed by atoms with Crippen LogP contribution in [-0.2, 0) is 51.4 Å². The van der Waals surface area contributed by atoms with Crippen molar-refractivity contribution in [1.29, 1.82) is 0 Å². The van der Waals surface area contributed by atoms with Crippen LogP contribution in [0, 0.1) is 41.5 Å². The van der Waals surface area contributed by atoms with Gasteiger partial charge in [-0.3, -0.25) is 38.4 Å². The summed E-state index contributed by atoms with van der Waals surface area (Å²) in [6.07, 6.45) is 9.53. The van der Waals surface area contributed by atoms with E-state index in [1.165, 1.54) is 91.2 Å². The number of amides is 4. The van der Waals surface area contributed by atoms with Gasteiger partial charge in [0.2, 0.25) is 0 Å². The van der Waals surface area contributed by atoms with E-state index >= 15 is 0 Å². The van der Waals surface area contributed by atoms with Crippen LogP contribution in [0.15, 0.2) is 273 Å². The highest BCUT2D eigenvalue weighted by Gasteiger charge is 2.39. The Balaban J connectivity index is 0.000000169. The first kappa shape index (κ1) is 100. The van der Waals surface area contributed by atoms with Crippen LogP contribution < -0.4 is 18.9 Å². The fourth-order valence-corrected chi connectivity index (χ4v) is 17.4. The van der Waals surface area contributed by atoms with Gasteiger partial charge in [-0.2, -0.15) is 13.2 Å². The first-order valence-electron chi connectivity index (χ1n) is 53.6. The van der Waals surface area contributed by atoms with Crippen molar-refractivity contribution in [2.24, 2.45) is 0 Å². The van der Waals surface area contributed by atoms with E-state index < -0.39 is 66.6 Å². The van der Waals surface area contributed by atoms with Gasteiger partial charge >= 0.3 is 30.1 Å². The molecule has 0 aliphatic heterocycles. The van der Waals surface area contributed by atoms with Crippen molar-refractivity contribution in [2.45, 2.75) is 252 Å². The van der Waals surface area contributed by atoms with Gasteiger partial charge in [-0.15, -0.1) is 0 Å². The van der Waals surface area contributed by atoms with Gasteiger partial charge in [0.1, 0.15) is 23.0 Å². The van der Waals surface area contributed by atoms with Crippen molar-refractivity contribution in [3.8, 4) is 67.5 Å². The van der Waals surface area contributed by atoms with E-state index in [0.29, 0.717) is 174 Å². The van der Waals surface area contributed by atoms with Crippen molar-refractivity contribution >= 4 is 47.5 Å². The molecule has 4 aliphatic rings. The number of aryl methyl sites for hydroxylation is 6. The minimum atomic E-state index is -4.53. The summed E-state index contributed by atoms with van der Waals surface area (Å²) in [7, 11) is 0. The predicted molar refractivity (Wildman–Crippen MR) is 565 cm³/mol. The van der Waals surface area contributed by atoms with E-state index in [1.807, 2.05) is 115 Å². The van der Waals surface area contributed by atoms with Gasteiger partial charge in [0.15, 0.2) is 0 Å². The van der Waals surface area contributed by atoms with Crippen molar-refractivity contribution < 1.29 is 99.1 Å². The number of ether oxygens (including phenoxy) is 4. The average Bonchev–Trinajstić information content (AvgIpc) is 1.58. The lowest BCUT2D eigenvalue weighted by Gasteiger charge is -2.24. The van der Waals surface area contributed by atoms with Crippen LogP contribution in [0.4, 0.5) is 13.2 Å². The van der Waals surface area contributed by atoms with Gasteiger partial charge in [-0.25, -0.2) is 0 Å². The smallest absolute Gasteiger partial charge is 0.417 e. The number of para-hydroxylation sites is 4. The van der Waals surface area contributed by atoms with Gasteiger partial charge in [0, 0.05) is 120 Å². The minimum Gasteiger partial charge on any atom is -0.493 e. The lowest BCUT2D eigenvalue weighted by molar-refractivity contribution is -0.138. The van der Waals surface area contributed by atoms with Crippen LogP contribution in [-0.4, -0.2) is 138 Å². The minimum absolute atomic E-state index is 0.00239. The molecule has 0 atom stereocenters. The molecule has 4 N–H and O–H groups in total. The maximum atomic E-state index is 13.7. The summed E-state index contributed by atoms with van der Waals surface area (Å²) in [6.45, 7) is 10.4. The first-order chi connectivity index (χ1) is 72.7. The fraction of sp³-hybridized carbons (Fsp3) is 0.350. The highest BCUT2D eigenvalue weighted by Crippen LogP contribution is 2.42. The molecular weight excluding hydrogens is 1850 g/mol. The molecule has 16 rings (SSSR count). The Bertz CT molecular complexity index is 6670. The van der Waals surface area contributed by atoms with Crippen LogP contribution in [0.5, 0.6) is 23.0 Å². The maximum absolute atomic E-state index is 13.7. The molecule has 4 aliphatic carbocycles.